The van der Waals surface area contributed by atoms with E-state index >= 15 is 0 Å². The molecule has 0 aromatic rings. The van der Waals surface area contributed by atoms with Crippen molar-refractivity contribution in [3.8, 4) is 0 Å². The van der Waals surface area contributed by atoms with Crippen molar-refractivity contribution in [1.29, 1.82) is 0 Å². The summed E-state index contributed by atoms with van der Waals surface area (Å²) in [6.07, 6.45) is 4.97. The highest BCUT2D eigenvalue weighted by atomic mass is 127. The third-order valence-electron chi connectivity index (χ3n) is 4.81. The Morgan fingerprint density at radius 2 is 2.04 bits per heavy atom. The van der Waals surface area contributed by atoms with Gasteiger partial charge in [0.1, 0.15) is 0 Å². The first-order chi connectivity index (χ1) is 11.7. The average molecular weight is 467 g/mol. The number of piperidine rings is 1. The number of carbonyl (C=O) groups excluding carboxylic acids is 1. The smallest absolute Gasteiger partial charge is 0.217 e. The van der Waals surface area contributed by atoms with Crippen molar-refractivity contribution in [2.45, 2.75) is 32.1 Å². The van der Waals surface area contributed by atoms with Crippen LogP contribution in [0.2, 0.25) is 0 Å². The van der Waals surface area contributed by atoms with Crippen molar-refractivity contribution in [3.05, 3.63) is 0 Å². The Balaban J connectivity index is 0.00000312. The highest BCUT2D eigenvalue weighted by molar-refractivity contribution is 14.0. The number of nitrogens with one attached hydrogen (secondary N) is 1. The highest BCUT2D eigenvalue weighted by Gasteiger charge is 2.23. The minimum Gasteiger partial charge on any atom is -0.379 e. The van der Waals surface area contributed by atoms with Crippen LogP contribution in [-0.4, -0.2) is 81.2 Å². The van der Waals surface area contributed by atoms with Gasteiger partial charge in [0.25, 0.3) is 0 Å². The van der Waals surface area contributed by atoms with Gasteiger partial charge in [0.15, 0.2) is 5.96 Å². The third-order valence-corrected chi connectivity index (χ3v) is 4.81. The van der Waals surface area contributed by atoms with Crippen molar-refractivity contribution in [3.63, 3.8) is 0 Å². The van der Waals surface area contributed by atoms with Gasteiger partial charge in [0.2, 0.25) is 5.91 Å². The van der Waals surface area contributed by atoms with Crippen molar-refractivity contribution in [2.24, 2.45) is 16.6 Å². The molecule has 1 atom stereocenters. The molecule has 146 valence electrons. The Kier molecular flexibility index (Phi) is 11.4. The lowest BCUT2D eigenvalue weighted by Crippen LogP contribution is -2.47. The van der Waals surface area contributed by atoms with E-state index in [4.69, 9.17) is 10.5 Å². The largest absolute Gasteiger partial charge is 0.379 e. The highest BCUT2D eigenvalue weighted by Crippen LogP contribution is 2.19. The van der Waals surface area contributed by atoms with Gasteiger partial charge in [-0.2, -0.15) is 0 Å². The number of unbranched alkanes of at least 4 members (excludes halogenated alkanes) is 1. The van der Waals surface area contributed by atoms with Crippen LogP contribution in [-0.2, 0) is 9.53 Å². The van der Waals surface area contributed by atoms with E-state index in [0.29, 0.717) is 12.3 Å². The molecular weight excluding hydrogens is 433 g/mol. The zero-order valence-electron chi connectivity index (χ0n) is 15.4. The average Bonchev–Trinajstić information content (AvgIpc) is 2.58. The summed E-state index contributed by atoms with van der Waals surface area (Å²) < 4.78 is 5.37. The molecule has 25 heavy (non-hydrogen) atoms. The van der Waals surface area contributed by atoms with E-state index in [0.717, 1.165) is 77.7 Å². The zero-order valence-corrected chi connectivity index (χ0v) is 17.7. The molecule has 0 aromatic carbocycles. The predicted molar refractivity (Wildman–Crippen MR) is 111 cm³/mol. The van der Waals surface area contributed by atoms with E-state index in [1.54, 1.807) is 0 Å². The maximum atomic E-state index is 11.1. The number of amides is 1. The number of ether oxygens (including phenoxy) is 1. The van der Waals surface area contributed by atoms with Crippen LogP contribution in [0.4, 0.5) is 0 Å². The molecule has 2 saturated heterocycles. The maximum absolute atomic E-state index is 11.1. The fourth-order valence-corrected chi connectivity index (χ4v) is 3.53. The second kappa shape index (κ2) is 12.7. The topological polar surface area (TPSA) is 83.2 Å². The Morgan fingerprint density at radius 3 is 2.72 bits per heavy atom. The molecule has 2 fully saturated rings. The van der Waals surface area contributed by atoms with Crippen LogP contribution in [0.25, 0.3) is 0 Å². The van der Waals surface area contributed by atoms with E-state index < -0.39 is 0 Å². The summed E-state index contributed by atoms with van der Waals surface area (Å²) in [5, 5.41) is 3.47. The van der Waals surface area contributed by atoms with Gasteiger partial charge in [0.05, 0.1) is 13.2 Å². The Bertz CT molecular complexity index is 416. The van der Waals surface area contributed by atoms with E-state index in [-0.39, 0.29) is 29.9 Å². The number of aliphatic imine (C=N–C) groups is 1. The molecule has 0 spiro atoms. The van der Waals surface area contributed by atoms with Gasteiger partial charge in [-0.3, -0.25) is 14.7 Å². The number of nitrogens with two attached hydrogens (primary N) is 1. The summed E-state index contributed by atoms with van der Waals surface area (Å²) >= 11 is 0. The van der Waals surface area contributed by atoms with Gasteiger partial charge >= 0.3 is 0 Å². The Labute approximate surface area is 168 Å². The van der Waals surface area contributed by atoms with Gasteiger partial charge in [-0.15, -0.1) is 24.0 Å². The number of morpholine rings is 1. The molecule has 8 heteroatoms. The number of rotatable bonds is 7. The molecule has 0 radical (unpaired) electrons. The monoisotopic (exact) mass is 467 g/mol. The third kappa shape index (κ3) is 8.54. The number of guanidine groups is 1. The standard InChI is InChI=1S/C17H33N5O2.HI/c1-19-17(22-8-4-5-15(14-22)13-16(18)23)20-6-2-3-7-21-9-11-24-12-10-21;/h15H,2-14H2,1H3,(H2,18,23)(H,19,20);1H. The number of hydrogen-bond donors (Lipinski definition) is 2. The van der Waals surface area contributed by atoms with Crippen molar-refractivity contribution < 1.29 is 9.53 Å². The second-order valence-corrected chi connectivity index (χ2v) is 6.76. The maximum Gasteiger partial charge on any atom is 0.217 e. The molecular formula is C17H34IN5O2. The number of carbonyl (C=O) groups is 1. The number of hydrogen-bond acceptors (Lipinski definition) is 4. The summed E-state index contributed by atoms with van der Waals surface area (Å²) in [4.78, 5) is 20.3. The molecule has 3 N–H and O–H groups in total. The lowest BCUT2D eigenvalue weighted by molar-refractivity contribution is -0.119. The first kappa shape index (κ1) is 22.4. The van der Waals surface area contributed by atoms with E-state index in [1.807, 2.05) is 7.05 Å². The van der Waals surface area contributed by atoms with Crippen LogP contribution in [0, 0.1) is 5.92 Å². The summed E-state index contributed by atoms with van der Waals surface area (Å²) in [5.74, 6) is 1.11. The summed E-state index contributed by atoms with van der Waals surface area (Å²) in [6.45, 7) is 7.81. The molecule has 1 amide bonds. The number of halogens is 1. The first-order valence-corrected chi connectivity index (χ1v) is 9.23. The molecule has 0 bridgehead atoms. The number of primary amides is 1. The molecule has 2 aliphatic heterocycles. The zero-order chi connectivity index (χ0) is 17.2. The SMILES string of the molecule is CN=C(NCCCCN1CCOCC1)N1CCCC(CC(N)=O)C1.I. The van der Waals surface area contributed by atoms with E-state index in [2.05, 4.69) is 20.1 Å². The van der Waals surface area contributed by atoms with E-state index in [9.17, 15) is 4.79 Å². The molecule has 0 saturated carbocycles. The Morgan fingerprint density at radius 1 is 1.28 bits per heavy atom. The summed E-state index contributed by atoms with van der Waals surface area (Å²) in [7, 11) is 1.83. The van der Waals surface area contributed by atoms with Gasteiger partial charge in [-0.25, -0.2) is 0 Å². The normalized spacial score (nSPS) is 22.4. The lowest BCUT2D eigenvalue weighted by Gasteiger charge is -2.34. The van der Waals surface area contributed by atoms with Crippen LogP contribution in [0.1, 0.15) is 32.1 Å². The number of nitrogens with zero attached hydrogens (tertiary/aromatic N) is 3. The van der Waals surface area contributed by atoms with Gasteiger partial charge in [0, 0.05) is 46.2 Å². The minimum atomic E-state index is -0.201. The van der Waals surface area contributed by atoms with Crippen LogP contribution in [0.3, 0.4) is 0 Å². The van der Waals surface area contributed by atoms with Gasteiger partial charge < -0.3 is 20.7 Å². The van der Waals surface area contributed by atoms with Crippen molar-refractivity contribution >= 4 is 35.8 Å². The Hall–Kier alpha value is -0.610. The molecule has 1 unspecified atom stereocenters. The minimum absolute atomic E-state index is 0. The van der Waals surface area contributed by atoms with Crippen molar-refractivity contribution in [2.75, 3.05) is 59.5 Å². The van der Waals surface area contributed by atoms with Crippen LogP contribution >= 0.6 is 24.0 Å². The van der Waals surface area contributed by atoms with Gasteiger partial charge in [-0.05, 0) is 38.1 Å². The summed E-state index contributed by atoms with van der Waals surface area (Å²) in [5.41, 5.74) is 5.34. The number of likely N-dealkylation sites (tertiary alicyclic amines) is 1. The molecule has 2 heterocycles. The first-order valence-electron chi connectivity index (χ1n) is 9.23. The second-order valence-electron chi connectivity index (χ2n) is 6.76. The van der Waals surface area contributed by atoms with Gasteiger partial charge in [-0.1, -0.05) is 0 Å². The lowest BCUT2D eigenvalue weighted by atomic mass is 9.95. The molecule has 7 nitrogen and oxygen atoms in total. The predicted octanol–water partition coefficient (Wildman–Crippen LogP) is 0.880. The molecule has 0 aromatic heterocycles. The van der Waals surface area contributed by atoms with Crippen molar-refractivity contribution in [1.82, 2.24) is 15.1 Å². The quantitative estimate of drug-likeness (QED) is 0.252. The summed E-state index contributed by atoms with van der Waals surface area (Å²) in [6, 6.07) is 0. The molecule has 2 aliphatic rings. The fourth-order valence-electron chi connectivity index (χ4n) is 3.53. The molecule has 0 aliphatic carbocycles. The van der Waals surface area contributed by atoms with Crippen LogP contribution in [0.5, 0.6) is 0 Å². The fraction of sp³-hybridized carbons (Fsp3) is 0.882. The molecule has 2 rings (SSSR count). The van der Waals surface area contributed by atoms with Crippen LogP contribution in [0.15, 0.2) is 4.99 Å². The van der Waals surface area contributed by atoms with Crippen LogP contribution < -0.4 is 11.1 Å². The van der Waals surface area contributed by atoms with E-state index in [1.165, 1.54) is 6.42 Å².